The molecule has 0 spiro atoms. The molecule has 33 heavy (non-hydrogen) atoms. The Morgan fingerprint density at radius 3 is 2.39 bits per heavy atom. The monoisotopic (exact) mass is 485 g/mol. The molecule has 11 heteroatoms. The number of halogens is 5. The molecule has 0 unspecified atom stereocenters. The topological polar surface area (TPSA) is 54.5 Å². The van der Waals surface area contributed by atoms with E-state index in [1.54, 1.807) is 11.1 Å². The average Bonchev–Trinajstić information content (AvgIpc) is 3.27. The lowest BCUT2D eigenvalue weighted by molar-refractivity contribution is -0.360. The normalized spacial score (nSPS) is 12.0. The fraction of sp³-hybridized carbons (Fsp3) is 0.273. The van der Waals surface area contributed by atoms with Gasteiger partial charge in [-0.1, -0.05) is 18.2 Å². The third-order valence-electron chi connectivity index (χ3n) is 4.53. The summed E-state index contributed by atoms with van der Waals surface area (Å²) in [5.74, 6) is -0.685. The van der Waals surface area contributed by atoms with Crippen molar-refractivity contribution >= 4 is 23.1 Å². The third-order valence-corrected chi connectivity index (χ3v) is 5.35. The van der Waals surface area contributed by atoms with Crippen LogP contribution in [-0.2, 0) is 6.54 Å². The van der Waals surface area contributed by atoms with Gasteiger partial charge in [0, 0.05) is 35.4 Å². The highest BCUT2D eigenvalue weighted by Gasteiger charge is 2.61. The van der Waals surface area contributed by atoms with Gasteiger partial charge in [-0.05, 0) is 49.7 Å². The molecule has 0 saturated carbocycles. The first-order chi connectivity index (χ1) is 15.5. The molecule has 0 bridgehead atoms. The van der Waals surface area contributed by atoms with Gasteiger partial charge in [-0.15, -0.1) is 11.3 Å². The quantitative estimate of drug-likeness (QED) is 0.375. The van der Waals surface area contributed by atoms with E-state index in [0.717, 1.165) is 28.3 Å². The van der Waals surface area contributed by atoms with Crippen LogP contribution in [0.15, 0.2) is 60.1 Å². The number of thiazole rings is 1. The lowest BCUT2D eigenvalue weighted by Crippen LogP contribution is -2.41. The zero-order valence-corrected chi connectivity index (χ0v) is 18.4. The van der Waals surface area contributed by atoms with Crippen LogP contribution in [0.2, 0.25) is 0 Å². The van der Waals surface area contributed by atoms with Gasteiger partial charge >= 0.3 is 18.3 Å². The van der Waals surface area contributed by atoms with Crippen molar-refractivity contribution in [2.75, 3.05) is 5.32 Å². The summed E-state index contributed by atoms with van der Waals surface area (Å²) in [6.45, 7) is 3.96. The molecule has 0 fully saturated rings. The maximum Gasteiger partial charge on any atom is 0.499 e. The van der Waals surface area contributed by atoms with Gasteiger partial charge in [0.2, 0.25) is 0 Å². The van der Waals surface area contributed by atoms with E-state index in [9.17, 15) is 26.7 Å². The smallest absolute Gasteiger partial charge is 0.426 e. The predicted octanol–water partition coefficient (Wildman–Crippen LogP) is 6.79. The van der Waals surface area contributed by atoms with E-state index >= 15 is 0 Å². The number of alkyl halides is 5. The van der Waals surface area contributed by atoms with Crippen molar-refractivity contribution in [2.24, 2.45) is 0 Å². The highest BCUT2D eigenvalue weighted by molar-refractivity contribution is 7.13. The molecule has 3 rings (SSSR count). The molecule has 0 radical (unpaired) electrons. The molecule has 1 N–H and O–H groups in total. The van der Waals surface area contributed by atoms with E-state index in [0.29, 0.717) is 6.54 Å². The van der Waals surface area contributed by atoms with Crippen LogP contribution in [0.3, 0.4) is 0 Å². The first-order valence-corrected chi connectivity index (χ1v) is 10.6. The number of carbonyl (C=O) groups is 1. The average molecular weight is 485 g/mol. The second-order valence-corrected chi connectivity index (χ2v) is 8.22. The Bertz CT molecular complexity index is 1070. The highest BCUT2D eigenvalue weighted by atomic mass is 32.1. The van der Waals surface area contributed by atoms with Gasteiger partial charge in [-0.3, -0.25) is 0 Å². The number of amides is 2. The minimum absolute atomic E-state index is 0.179. The van der Waals surface area contributed by atoms with Crippen LogP contribution in [-0.4, -0.2) is 34.2 Å². The molecule has 0 aliphatic carbocycles. The fourth-order valence-corrected chi connectivity index (χ4v) is 3.50. The van der Waals surface area contributed by atoms with Crippen molar-refractivity contribution in [2.45, 2.75) is 38.7 Å². The number of nitrogens with one attached hydrogen (secondary N) is 1. The number of ether oxygens (including phenoxy) is 1. The molecule has 0 aliphatic rings. The van der Waals surface area contributed by atoms with Gasteiger partial charge in [0.1, 0.15) is 10.8 Å². The Morgan fingerprint density at radius 1 is 1.12 bits per heavy atom. The van der Waals surface area contributed by atoms with E-state index in [2.05, 4.69) is 15.0 Å². The van der Waals surface area contributed by atoms with Crippen molar-refractivity contribution in [1.82, 2.24) is 9.88 Å². The van der Waals surface area contributed by atoms with E-state index < -0.39 is 24.1 Å². The molecule has 0 aliphatic heterocycles. The molecule has 0 saturated heterocycles. The summed E-state index contributed by atoms with van der Waals surface area (Å²) in [4.78, 5) is 18.7. The van der Waals surface area contributed by atoms with Crippen molar-refractivity contribution in [3.63, 3.8) is 0 Å². The summed E-state index contributed by atoms with van der Waals surface area (Å²) in [6.07, 6.45) is -9.45. The van der Waals surface area contributed by atoms with Crippen molar-refractivity contribution in [1.29, 1.82) is 0 Å². The SMILES string of the molecule is CC(C)N(Cc1cccc(-c2nccs2)c1)C(=O)Nc1ccc(OC(F)(F)C(F)(F)F)cc1. The van der Waals surface area contributed by atoms with Crippen LogP contribution in [0.25, 0.3) is 10.6 Å². The third kappa shape index (κ3) is 6.19. The summed E-state index contributed by atoms with van der Waals surface area (Å²) in [5.41, 5.74) is 2.02. The minimum Gasteiger partial charge on any atom is -0.426 e. The molecule has 1 aromatic heterocycles. The van der Waals surface area contributed by atoms with E-state index in [1.807, 2.05) is 43.5 Å². The Morgan fingerprint density at radius 2 is 1.82 bits per heavy atom. The number of hydrogen-bond acceptors (Lipinski definition) is 4. The van der Waals surface area contributed by atoms with Crippen LogP contribution in [0.5, 0.6) is 5.75 Å². The Kier molecular flexibility index (Phi) is 7.21. The van der Waals surface area contributed by atoms with Gasteiger partial charge in [-0.25, -0.2) is 9.78 Å². The van der Waals surface area contributed by atoms with Crippen LogP contribution < -0.4 is 10.1 Å². The second kappa shape index (κ2) is 9.74. The Hall–Kier alpha value is -3.21. The molecular weight excluding hydrogens is 465 g/mol. The van der Waals surface area contributed by atoms with Crippen LogP contribution in [0, 0.1) is 0 Å². The number of anilines is 1. The van der Waals surface area contributed by atoms with E-state index in [4.69, 9.17) is 0 Å². The molecular formula is C22H20F5N3O2S. The summed E-state index contributed by atoms with van der Waals surface area (Å²) in [6, 6.07) is 11.2. The molecule has 176 valence electrons. The van der Waals surface area contributed by atoms with E-state index in [-0.39, 0.29) is 11.7 Å². The number of carbonyl (C=O) groups excluding carboxylic acids is 1. The summed E-state index contributed by atoms with van der Waals surface area (Å²) in [5, 5.41) is 5.35. The number of rotatable bonds is 7. The number of hydrogen-bond donors (Lipinski definition) is 1. The van der Waals surface area contributed by atoms with Crippen LogP contribution in [0.4, 0.5) is 32.4 Å². The Balaban J connectivity index is 1.68. The van der Waals surface area contributed by atoms with E-state index in [1.165, 1.54) is 23.5 Å². The molecule has 2 aromatic carbocycles. The lowest BCUT2D eigenvalue weighted by Gasteiger charge is -2.27. The second-order valence-electron chi connectivity index (χ2n) is 7.33. The zero-order valence-electron chi connectivity index (χ0n) is 17.6. The largest absolute Gasteiger partial charge is 0.499 e. The molecule has 5 nitrogen and oxygen atoms in total. The highest BCUT2D eigenvalue weighted by Crippen LogP contribution is 2.37. The molecule has 2 amide bonds. The number of urea groups is 1. The molecule has 0 atom stereocenters. The number of nitrogens with zero attached hydrogens (tertiary/aromatic N) is 2. The van der Waals surface area contributed by atoms with Gasteiger partial charge in [-0.2, -0.15) is 22.0 Å². The number of aromatic nitrogens is 1. The summed E-state index contributed by atoms with van der Waals surface area (Å²) >= 11 is 1.50. The molecule has 3 aromatic rings. The summed E-state index contributed by atoms with van der Waals surface area (Å²) in [7, 11) is 0. The van der Waals surface area contributed by atoms with Crippen molar-refractivity contribution in [3.8, 4) is 16.3 Å². The number of benzene rings is 2. The standard InChI is InChI=1S/C22H20F5N3O2S/c1-14(2)30(13-15-4-3-5-16(12-15)19-28-10-11-33-19)20(31)29-17-6-8-18(9-7-17)32-22(26,27)21(23,24)25/h3-12,14H,13H2,1-2H3,(H,29,31). The fourth-order valence-electron chi connectivity index (χ4n) is 2.86. The minimum atomic E-state index is -5.84. The maximum absolute atomic E-state index is 13.0. The zero-order chi connectivity index (χ0) is 24.2. The summed E-state index contributed by atoms with van der Waals surface area (Å²) < 4.78 is 66.6. The first-order valence-electron chi connectivity index (χ1n) is 9.76. The maximum atomic E-state index is 13.0. The van der Waals surface area contributed by atoms with Gasteiger partial charge in [0.25, 0.3) is 0 Å². The first kappa shape index (κ1) is 24.4. The van der Waals surface area contributed by atoms with Gasteiger partial charge in [0.15, 0.2) is 0 Å². The van der Waals surface area contributed by atoms with Crippen molar-refractivity contribution < 1.29 is 31.5 Å². The van der Waals surface area contributed by atoms with Gasteiger partial charge in [0.05, 0.1) is 0 Å². The predicted molar refractivity (Wildman–Crippen MR) is 115 cm³/mol. The van der Waals surface area contributed by atoms with Crippen molar-refractivity contribution in [3.05, 3.63) is 65.7 Å². The van der Waals surface area contributed by atoms with Crippen LogP contribution in [0.1, 0.15) is 19.4 Å². The van der Waals surface area contributed by atoms with Gasteiger partial charge < -0.3 is 15.0 Å². The molecule has 1 heterocycles. The lowest BCUT2D eigenvalue weighted by atomic mass is 10.1. The van der Waals surface area contributed by atoms with Crippen LogP contribution >= 0.6 is 11.3 Å². The Labute approximate surface area is 190 Å².